The maximum atomic E-state index is 11.3. The molecule has 0 saturated heterocycles. The summed E-state index contributed by atoms with van der Waals surface area (Å²) in [5.41, 5.74) is 5.91. The van der Waals surface area contributed by atoms with E-state index in [9.17, 15) is 9.59 Å². The molecule has 0 unspecified atom stereocenters. The molecule has 0 aromatic heterocycles. The van der Waals surface area contributed by atoms with Crippen LogP contribution in [0.5, 0.6) is 11.5 Å². The molecule has 0 heterocycles. The Balaban J connectivity index is 2.53. The van der Waals surface area contributed by atoms with Gasteiger partial charge in [-0.05, 0) is 24.7 Å². The Labute approximate surface area is 124 Å². The first kappa shape index (κ1) is 16.8. The molecule has 1 aromatic rings. The van der Waals surface area contributed by atoms with Crippen molar-refractivity contribution in [2.45, 2.75) is 13.0 Å². The summed E-state index contributed by atoms with van der Waals surface area (Å²) in [5, 5.41) is 2.03. The zero-order valence-corrected chi connectivity index (χ0v) is 12.5. The number of ether oxygens (including phenoxy) is 2. The van der Waals surface area contributed by atoms with Gasteiger partial charge in [-0.2, -0.15) is 0 Å². The highest BCUT2D eigenvalue weighted by atomic mass is 16.5. The number of carbonyl (C=O) groups excluding carboxylic acids is 2. The summed E-state index contributed by atoms with van der Waals surface area (Å²) >= 11 is 0. The molecule has 21 heavy (non-hydrogen) atoms. The van der Waals surface area contributed by atoms with Gasteiger partial charge in [-0.15, -0.1) is 0 Å². The molecule has 1 rings (SSSR count). The average Bonchev–Trinajstić information content (AvgIpc) is 2.44. The lowest BCUT2D eigenvalue weighted by molar-refractivity contribution is -0.120. The van der Waals surface area contributed by atoms with Gasteiger partial charge in [-0.25, -0.2) is 4.79 Å². The molecule has 3 N–H and O–H groups in total. The number of primary amides is 1. The van der Waals surface area contributed by atoms with E-state index in [1.165, 1.54) is 0 Å². The number of nitrogens with one attached hydrogen (secondary N) is 1. The lowest BCUT2D eigenvalue weighted by Crippen LogP contribution is -2.36. The van der Waals surface area contributed by atoms with Gasteiger partial charge in [0.2, 0.25) is 5.91 Å². The highest BCUT2D eigenvalue weighted by Crippen LogP contribution is 2.27. The molecule has 7 heteroatoms. The number of rotatable bonds is 7. The van der Waals surface area contributed by atoms with E-state index in [2.05, 4.69) is 0 Å². The predicted octanol–water partition coefficient (Wildman–Crippen LogP) is 0.721. The van der Waals surface area contributed by atoms with Crippen molar-refractivity contribution in [1.82, 2.24) is 10.2 Å². The highest BCUT2D eigenvalue weighted by molar-refractivity contribution is 5.93. The Kier molecular flexibility index (Phi) is 6.48. The number of amides is 3. The summed E-state index contributed by atoms with van der Waals surface area (Å²) in [6, 6.07) is 4.82. The average molecular weight is 295 g/mol. The number of imide groups is 1. The normalized spacial score (nSPS) is 10.3. The number of methoxy groups -OCH3 is 2. The number of nitrogens with two attached hydrogens (primary N) is 1. The van der Waals surface area contributed by atoms with Gasteiger partial charge in [0.05, 0.1) is 14.2 Å². The van der Waals surface area contributed by atoms with Crippen LogP contribution in [0, 0.1) is 0 Å². The Morgan fingerprint density at radius 3 is 2.48 bits per heavy atom. The van der Waals surface area contributed by atoms with Crippen LogP contribution in [-0.2, 0) is 11.3 Å². The first-order chi connectivity index (χ1) is 9.96. The van der Waals surface area contributed by atoms with Crippen LogP contribution < -0.4 is 20.5 Å². The van der Waals surface area contributed by atoms with E-state index < -0.39 is 6.03 Å². The van der Waals surface area contributed by atoms with E-state index >= 15 is 0 Å². The summed E-state index contributed by atoms with van der Waals surface area (Å²) in [4.78, 5) is 23.8. The number of urea groups is 1. The first-order valence-electron chi connectivity index (χ1n) is 6.45. The van der Waals surface area contributed by atoms with Crippen molar-refractivity contribution in [2.75, 3.05) is 27.8 Å². The zero-order chi connectivity index (χ0) is 15.8. The maximum Gasteiger partial charge on any atom is 0.318 e. The van der Waals surface area contributed by atoms with Crippen molar-refractivity contribution in [2.24, 2.45) is 5.73 Å². The molecule has 0 aliphatic heterocycles. The monoisotopic (exact) mass is 295 g/mol. The molecule has 0 aliphatic rings. The van der Waals surface area contributed by atoms with Crippen LogP contribution in [0.3, 0.4) is 0 Å². The number of nitrogens with zero attached hydrogens (tertiary/aromatic N) is 1. The Morgan fingerprint density at radius 1 is 1.24 bits per heavy atom. The second-order valence-corrected chi connectivity index (χ2v) is 4.59. The van der Waals surface area contributed by atoms with Crippen molar-refractivity contribution in [3.63, 3.8) is 0 Å². The molecule has 0 aliphatic carbocycles. The molecule has 0 radical (unpaired) electrons. The molecule has 0 bridgehead atoms. The number of hydrogen-bond acceptors (Lipinski definition) is 5. The third-order valence-corrected chi connectivity index (χ3v) is 2.88. The fourth-order valence-corrected chi connectivity index (χ4v) is 1.86. The van der Waals surface area contributed by atoms with Crippen LogP contribution >= 0.6 is 0 Å². The first-order valence-corrected chi connectivity index (χ1v) is 6.45. The number of hydrogen-bond donors (Lipinski definition) is 2. The maximum absolute atomic E-state index is 11.3. The molecular weight excluding hydrogens is 274 g/mol. The molecule has 0 spiro atoms. The summed E-state index contributed by atoms with van der Waals surface area (Å²) < 4.78 is 10.4. The van der Waals surface area contributed by atoms with Gasteiger partial charge in [0, 0.05) is 19.5 Å². The lowest BCUT2D eigenvalue weighted by Gasteiger charge is -2.17. The van der Waals surface area contributed by atoms with Crippen LogP contribution in [0.25, 0.3) is 0 Å². The van der Waals surface area contributed by atoms with E-state index in [1.54, 1.807) is 14.2 Å². The van der Waals surface area contributed by atoms with Crippen LogP contribution in [0.1, 0.15) is 12.0 Å². The molecule has 116 valence electrons. The Morgan fingerprint density at radius 2 is 1.90 bits per heavy atom. The predicted molar refractivity (Wildman–Crippen MR) is 78.2 cm³/mol. The molecule has 1 aromatic carbocycles. The minimum Gasteiger partial charge on any atom is -0.493 e. The van der Waals surface area contributed by atoms with E-state index in [-0.39, 0.29) is 12.3 Å². The van der Waals surface area contributed by atoms with Crippen molar-refractivity contribution < 1.29 is 19.1 Å². The van der Waals surface area contributed by atoms with Gasteiger partial charge < -0.3 is 20.1 Å². The number of carbonyl (C=O) groups is 2. The second kappa shape index (κ2) is 8.11. The minimum absolute atomic E-state index is 0.201. The summed E-state index contributed by atoms with van der Waals surface area (Å²) in [6.07, 6.45) is 0.201. The van der Waals surface area contributed by atoms with Crippen molar-refractivity contribution in [1.29, 1.82) is 0 Å². The van der Waals surface area contributed by atoms with E-state index in [4.69, 9.17) is 15.2 Å². The van der Waals surface area contributed by atoms with Gasteiger partial charge in [-0.3, -0.25) is 10.1 Å². The van der Waals surface area contributed by atoms with Gasteiger partial charge in [0.15, 0.2) is 11.5 Å². The fourth-order valence-electron chi connectivity index (χ4n) is 1.86. The van der Waals surface area contributed by atoms with Crippen LogP contribution in [0.4, 0.5) is 4.79 Å². The van der Waals surface area contributed by atoms with Crippen LogP contribution in [-0.4, -0.2) is 44.7 Å². The van der Waals surface area contributed by atoms with Gasteiger partial charge in [0.1, 0.15) is 0 Å². The van der Waals surface area contributed by atoms with E-state index in [0.717, 1.165) is 5.56 Å². The van der Waals surface area contributed by atoms with Crippen molar-refractivity contribution in [3.05, 3.63) is 23.8 Å². The van der Waals surface area contributed by atoms with Crippen molar-refractivity contribution >= 4 is 11.9 Å². The summed E-state index contributed by atoms with van der Waals surface area (Å²) in [7, 11) is 5.05. The summed E-state index contributed by atoms with van der Waals surface area (Å²) in [6.45, 7) is 1.15. The molecular formula is C14H21N3O4. The molecule has 0 fully saturated rings. The quantitative estimate of drug-likeness (QED) is 0.773. The summed E-state index contributed by atoms with van der Waals surface area (Å²) in [5.74, 6) is 0.946. The molecule has 0 atom stereocenters. The van der Waals surface area contributed by atoms with Crippen LogP contribution in [0.2, 0.25) is 0 Å². The zero-order valence-electron chi connectivity index (χ0n) is 12.5. The Bertz CT molecular complexity index is 505. The minimum atomic E-state index is -0.831. The second-order valence-electron chi connectivity index (χ2n) is 4.59. The number of benzene rings is 1. The van der Waals surface area contributed by atoms with E-state index in [1.807, 2.05) is 35.5 Å². The fraction of sp³-hybridized carbons (Fsp3) is 0.429. The van der Waals surface area contributed by atoms with Crippen molar-refractivity contribution in [3.8, 4) is 11.5 Å². The highest BCUT2D eigenvalue weighted by Gasteiger charge is 2.09. The van der Waals surface area contributed by atoms with E-state index in [0.29, 0.717) is 24.6 Å². The Hall–Kier alpha value is -2.28. The van der Waals surface area contributed by atoms with Gasteiger partial charge in [0.25, 0.3) is 0 Å². The molecule has 0 saturated carbocycles. The smallest absolute Gasteiger partial charge is 0.318 e. The third-order valence-electron chi connectivity index (χ3n) is 2.88. The molecule has 3 amide bonds. The molecule has 7 nitrogen and oxygen atoms in total. The lowest BCUT2D eigenvalue weighted by atomic mass is 10.2. The van der Waals surface area contributed by atoms with Crippen LogP contribution in [0.15, 0.2) is 18.2 Å². The van der Waals surface area contributed by atoms with Gasteiger partial charge in [-0.1, -0.05) is 6.07 Å². The third kappa shape index (κ3) is 5.70. The topological polar surface area (TPSA) is 93.9 Å². The SMILES string of the molecule is COc1ccc(CN(C)CCC(=O)NC(N)=O)cc1OC. The standard InChI is InChI=1S/C14H21N3O4/c1-17(7-6-13(18)16-14(15)19)9-10-4-5-11(20-2)12(8-10)21-3/h4-5,8H,6-7,9H2,1-3H3,(H3,15,16,18,19). The largest absolute Gasteiger partial charge is 0.493 e. The van der Waals surface area contributed by atoms with Gasteiger partial charge >= 0.3 is 6.03 Å².